The Morgan fingerprint density at radius 1 is 1.20 bits per heavy atom. The van der Waals surface area contributed by atoms with Gasteiger partial charge in [0.05, 0.1) is 10.7 Å². The van der Waals surface area contributed by atoms with E-state index in [0.717, 1.165) is 19.0 Å². The summed E-state index contributed by atoms with van der Waals surface area (Å²) in [6.45, 7) is 7.45. The predicted octanol–water partition coefficient (Wildman–Crippen LogP) is 3.91. The van der Waals surface area contributed by atoms with Gasteiger partial charge in [-0.3, -0.25) is 0 Å². The molecule has 20 heavy (non-hydrogen) atoms. The summed E-state index contributed by atoms with van der Waals surface area (Å²) < 4.78 is 0. The van der Waals surface area contributed by atoms with Crippen LogP contribution in [0.5, 0.6) is 0 Å². The molecule has 3 rings (SSSR count). The van der Waals surface area contributed by atoms with Crippen LogP contribution in [0.3, 0.4) is 0 Å². The van der Waals surface area contributed by atoms with Gasteiger partial charge < -0.3 is 5.32 Å². The highest BCUT2D eigenvalue weighted by Gasteiger charge is 2.21. The zero-order chi connectivity index (χ0) is 14.1. The highest BCUT2D eigenvalue weighted by atomic mass is 32.1. The zero-order valence-electron chi connectivity index (χ0n) is 12.5. The van der Waals surface area contributed by atoms with Crippen molar-refractivity contribution in [2.24, 2.45) is 0 Å². The van der Waals surface area contributed by atoms with Crippen LogP contribution in [0.15, 0.2) is 18.2 Å². The lowest BCUT2D eigenvalue weighted by Crippen LogP contribution is -2.14. The number of thiazole rings is 1. The molecular weight excluding hydrogens is 264 g/mol. The van der Waals surface area contributed by atoms with Gasteiger partial charge in [0.15, 0.2) is 0 Å². The maximum absolute atomic E-state index is 4.73. The topological polar surface area (TPSA) is 24.9 Å². The van der Waals surface area contributed by atoms with E-state index in [4.69, 9.17) is 4.98 Å². The van der Waals surface area contributed by atoms with Crippen molar-refractivity contribution in [1.29, 1.82) is 0 Å². The molecule has 0 aliphatic heterocycles. The van der Waals surface area contributed by atoms with E-state index in [1.165, 1.54) is 45.1 Å². The first-order valence-corrected chi connectivity index (χ1v) is 8.18. The van der Waals surface area contributed by atoms with Crippen molar-refractivity contribution in [2.45, 2.75) is 52.6 Å². The zero-order valence-corrected chi connectivity index (χ0v) is 13.3. The number of aryl methyl sites for hydroxylation is 3. The maximum atomic E-state index is 4.73. The molecule has 3 heteroatoms. The summed E-state index contributed by atoms with van der Waals surface area (Å²) in [6, 6.07) is 7.48. The van der Waals surface area contributed by atoms with E-state index >= 15 is 0 Å². The minimum Gasteiger partial charge on any atom is -0.309 e. The lowest BCUT2D eigenvalue weighted by atomic mass is 10.0. The van der Waals surface area contributed by atoms with Crippen LogP contribution >= 0.6 is 11.3 Å². The van der Waals surface area contributed by atoms with E-state index < -0.39 is 0 Å². The Labute approximate surface area is 125 Å². The van der Waals surface area contributed by atoms with Crippen molar-refractivity contribution in [3.05, 3.63) is 50.5 Å². The molecule has 1 fully saturated rings. The van der Waals surface area contributed by atoms with E-state index in [0.29, 0.717) is 0 Å². The molecule has 1 aromatic heterocycles. The summed E-state index contributed by atoms with van der Waals surface area (Å²) in [5.74, 6) is 0. The molecule has 0 amide bonds. The highest BCUT2D eigenvalue weighted by molar-refractivity contribution is 7.11. The fourth-order valence-electron chi connectivity index (χ4n) is 2.34. The van der Waals surface area contributed by atoms with Crippen molar-refractivity contribution in [2.75, 3.05) is 0 Å². The molecule has 1 saturated carbocycles. The molecule has 106 valence electrons. The van der Waals surface area contributed by atoms with Crippen LogP contribution in [0.4, 0.5) is 0 Å². The Morgan fingerprint density at radius 3 is 2.70 bits per heavy atom. The Hall–Kier alpha value is -1.19. The van der Waals surface area contributed by atoms with Gasteiger partial charge in [-0.05, 0) is 50.3 Å². The molecule has 1 aromatic carbocycles. The van der Waals surface area contributed by atoms with Gasteiger partial charge in [-0.2, -0.15) is 0 Å². The number of hydrogen-bond acceptors (Lipinski definition) is 3. The summed E-state index contributed by atoms with van der Waals surface area (Å²) >= 11 is 1.86. The largest absolute Gasteiger partial charge is 0.309 e. The van der Waals surface area contributed by atoms with Gasteiger partial charge in [0.2, 0.25) is 0 Å². The average molecular weight is 286 g/mol. The molecule has 1 aliphatic rings. The van der Waals surface area contributed by atoms with Gasteiger partial charge in [0.1, 0.15) is 0 Å². The van der Waals surface area contributed by atoms with Crippen molar-refractivity contribution < 1.29 is 0 Å². The quantitative estimate of drug-likeness (QED) is 0.901. The Kier molecular flexibility index (Phi) is 3.90. The van der Waals surface area contributed by atoms with Crippen LogP contribution in [0, 0.1) is 20.8 Å². The number of nitrogens with one attached hydrogen (secondary N) is 1. The summed E-state index contributed by atoms with van der Waals surface area (Å²) in [5.41, 5.74) is 5.29. The standard InChI is InChI=1S/C17H22N2S/c1-11-4-5-14(8-12(11)2)9-17-19-13(3)16(20-17)10-18-15-6-7-15/h4-5,8,15,18H,6-7,9-10H2,1-3H3. The van der Waals surface area contributed by atoms with Crippen molar-refractivity contribution in [1.82, 2.24) is 10.3 Å². The van der Waals surface area contributed by atoms with Crippen LogP contribution in [0.2, 0.25) is 0 Å². The fraction of sp³-hybridized carbons (Fsp3) is 0.471. The average Bonchev–Trinajstić information content (AvgIpc) is 3.17. The summed E-state index contributed by atoms with van der Waals surface area (Å²) in [7, 11) is 0. The van der Waals surface area contributed by atoms with Crippen molar-refractivity contribution in [3.63, 3.8) is 0 Å². The highest BCUT2D eigenvalue weighted by Crippen LogP contribution is 2.24. The Morgan fingerprint density at radius 2 is 2.00 bits per heavy atom. The molecular formula is C17H22N2S. The second-order valence-corrected chi connectivity index (χ2v) is 7.03. The molecule has 1 aliphatic carbocycles. The lowest BCUT2D eigenvalue weighted by Gasteiger charge is -2.03. The van der Waals surface area contributed by atoms with Gasteiger partial charge >= 0.3 is 0 Å². The number of hydrogen-bond donors (Lipinski definition) is 1. The first-order valence-electron chi connectivity index (χ1n) is 7.36. The molecule has 0 unspecified atom stereocenters. The van der Waals surface area contributed by atoms with Gasteiger partial charge in [-0.1, -0.05) is 18.2 Å². The maximum Gasteiger partial charge on any atom is 0.0975 e. The van der Waals surface area contributed by atoms with E-state index in [2.05, 4.69) is 44.3 Å². The van der Waals surface area contributed by atoms with Gasteiger partial charge in [0.25, 0.3) is 0 Å². The van der Waals surface area contributed by atoms with E-state index in [9.17, 15) is 0 Å². The smallest absolute Gasteiger partial charge is 0.0975 e. The van der Waals surface area contributed by atoms with E-state index in [1.54, 1.807) is 0 Å². The van der Waals surface area contributed by atoms with E-state index in [-0.39, 0.29) is 0 Å². The third kappa shape index (κ3) is 3.28. The first kappa shape index (κ1) is 13.8. The molecule has 1 heterocycles. The second-order valence-electron chi connectivity index (χ2n) is 5.87. The van der Waals surface area contributed by atoms with Crippen molar-refractivity contribution >= 4 is 11.3 Å². The lowest BCUT2D eigenvalue weighted by molar-refractivity contribution is 0.691. The SMILES string of the molecule is Cc1ccc(Cc2nc(C)c(CNC3CC3)s2)cc1C. The molecule has 2 aromatic rings. The van der Waals surface area contributed by atoms with Crippen LogP contribution in [0.25, 0.3) is 0 Å². The minimum absolute atomic E-state index is 0.764. The summed E-state index contributed by atoms with van der Waals surface area (Å²) in [6.07, 6.45) is 3.64. The molecule has 0 saturated heterocycles. The fourth-order valence-corrected chi connectivity index (χ4v) is 3.40. The van der Waals surface area contributed by atoms with Crippen LogP contribution in [0.1, 0.15) is 45.1 Å². The molecule has 0 bridgehead atoms. The minimum atomic E-state index is 0.764. The Bertz CT molecular complexity index is 611. The Balaban J connectivity index is 1.69. The second kappa shape index (κ2) is 5.66. The summed E-state index contributed by atoms with van der Waals surface area (Å²) in [5, 5.41) is 4.81. The van der Waals surface area contributed by atoms with Gasteiger partial charge in [-0.15, -0.1) is 11.3 Å². The van der Waals surface area contributed by atoms with Crippen LogP contribution in [-0.4, -0.2) is 11.0 Å². The number of benzene rings is 1. The van der Waals surface area contributed by atoms with Crippen LogP contribution in [-0.2, 0) is 13.0 Å². The predicted molar refractivity (Wildman–Crippen MR) is 85.4 cm³/mol. The summed E-state index contributed by atoms with van der Waals surface area (Å²) in [4.78, 5) is 6.13. The normalized spacial score (nSPS) is 14.8. The third-order valence-electron chi connectivity index (χ3n) is 3.99. The molecule has 0 spiro atoms. The van der Waals surface area contributed by atoms with Gasteiger partial charge in [-0.25, -0.2) is 4.98 Å². The van der Waals surface area contributed by atoms with E-state index in [1.807, 2.05) is 11.3 Å². The van der Waals surface area contributed by atoms with Crippen LogP contribution < -0.4 is 5.32 Å². The number of aromatic nitrogens is 1. The van der Waals surface area contributed by atoms with Gasteiger partial charge in [0, 0.05) is 23.9 Å². The third-order valence-corrected chi connectivity index (χ3v) is 5.15. The number of rotatable bonds is 5. The number of nitrogens with zero attached hydrogens (tertiary/aromatic N) is 1. The molecule has 0 atom stereocenters. The first-order chi connectivity index (χ1) is 9.61. The molecule has 1 N–H and O–H groups in total. The molecule has 2 nitrogen and oxygen atoms in total. The monoisotopic (exact) mass is 286 g/mol. The molecule has 0 radical (unpaired) electrons. The van der Waals surface area contributed by atoms with Crippen molar-refractivity contribution in [3.8, 4) is 0 Å².